The van der Waals surface area contributed by atoms with E-state index in [0.29, 0.717) is 12.5 Å². The van der Waals surface area contributed by atoms with E-state index in [1.54, 1.807) is 0 Å². The van der Waals surface area contributed by atoms with Crippen LogP contribution in [0.4, 0.5) is 0 Å². The molecule has 0 radical (unpaired) electrons. The van der Waals surface area contributed by atoms with Gasteiger partial charge in [-0.15, -0.1) is 0 Å². The molecule has 0 aromatic heterocycles. The van der Waals surface area contributed by atoms with Gasteiger partial charge in [0.15, 0.2) is 0 Å². The van der Waals surface area contributed by atoms with Gasteiger partial charge in [-0.3, -0.25) is 0 Å². The third-order valence-corrected chi connectivity index (χ3v) is 4.02. The molecule has 1 aliphatic heterocycles. The Labute approximate surface area is 126 Å². The van der Waals surface area contributed by atoms with Gasteiger partial charge in [0.05, 0.1) is 0 Å². The van der Waals surface area contributed by atoms with Crippen LogP contribution in [0.2, 0.25) is 0 Å². The molecule has 3 rings (SSSR count). The first-order chi connectivity index (χ1) is 10.3. The fraction of sp³-hybridized carbons (Fsp3) is 0.333. The Morgan fingerprint density at radius 1 is 1.05 bits per heavy atom. The van der Waals surface area contributed by atoms with E-state index < -0.39 is 0 Å². The van der Waals surface area contributed by atoms with E-state index in [9.17, 15) is 0 Å². The predicted molar refractivity (Wildman–Crippen MR) is 85.4 cm³/mol. The van der Waals surface area contributed by atoms with Crippen molar-refractivity contribution >= 4 is 0 Å². The van der Waals surface area contributed by atoms with Crippen LogP contribution in [0.1, 0.15) is 23.5 Å². The number of piperidine rings is 1. The van der Waals surface area contributed by atoms with Gasteiger partial charge in [-0.25, -0.2) is 0 Å². The largest absolute Gasteiger partial charge is 0.489 e. The second-order valence-corrected chi connectivity index (χ2v) is 5.59. The van der Waals surface area contributed by atoms with Crippen LogP contribution in [-0.4, -0.2) is 19.2 Å². The van der Waals surface area contributed by atoms with Crippen LogP contribution in [0.3, 0.4) is 0 Å². The van der Waals surface area contributed by atoms with Crippen molar-refractivity contribution in [1.29, 1.82) is 0 Å². The molecule has 3 heteroatoms. The Morgan fingerprint density at radius 3 is 2.71 bits per heavy atom. The van der Waals surface area contributed by atoms with Crippen molar-refractivity contribution in [3.63, 3.8) is 0 Å². The fourth-order valence-electron chi connectivity index (χ4n) is 2.91. The molecule has 2 atom stereocenters. The molecule has 0 spiro atoms. The molecular weight excluding hydrogens is 260 g/mol. The summed E-state index contributed by atoms with van der Waals surface area (Å²) in [4.78, 5) is 0. The Kier molecular flexibility index (Phi) is 4.53. The predicted octanol–water partition coefficient (Wildman–Crippen LogP) is 2.67. The average molecular weight is 282 g/mol. The lowest BCUT2D eigenvalue weighted by molar-refractivity contribution is 0.156. The minimum Gasteiger partial charge on any atom is -0.489 e. The minimum atomic E-state index is 0.206. The van der Waals surface area contributed by atoms with Gasteiger partial charge < -0.3 is 15.8 Å². The van der Waals surface area contributed by atoms with Gasteiger partial charge in [-0.05, 0) is 35.6 Å². The van der Waals surface area contributed by atoms with Crippen LogP contribution in [0.5, 0.6) is 5.75 Å². The molecule has 2 unspecified atom stereocenters. The van der Waals surface area contributed by atoms with Gasteiger partial charge in [-0.2, -0.15) is 0 Å². The first-order valence-electron chi connectivity index (χ1n) is 7.56. The lowest BCUT2D eigenvalue weighted by atomic mass is 9.90. The Morgan fingerprint density at radius 2 is 1.90 bits per heavy atom. The highest BCUT2D eigenvalue weighted by Gasteiger charge is 2.24. The number of rotatable bonds is 4. The summed E-state index contributed by atoms with van der Waals surface area (Å²) in [5.74, 6) is 1.43. The number of hydrogen-bond acceptors (Lipinski definition) is 3. The Bertz CT molecular complexity index is 570. The molecule has 1 fully saturated rings. The molecule has 2 aromatic rings. The van der Waals surface area contributed by atoms with E-state index in [0.717, 1.165) is 30.8 Å². The zero-order valence-corrected chi connectivity index (χ0v) is 12.2. The first-order valence-corrected chi connectivity index (χ1v) is 7.56. The monoisotopic (exact) mass is 282 g/mol. The zero-order valence-electron chi connectivity index (χ0n) is 12.2. The third kappa shape index (κ3) is 3.63. The second kappa shape index (κ2) is 6.74. The van der Waals surface area contributed by atoms with Crippen LogP contribution in [0, 0.1) is 0 Å². The summed E-state index contributed by atoms with van der Waals surface area (Å²) in [5, 5.41) is 3.48. The molecule has 3 nitrogen and oxygen atoms in total. The molecule has 0 amide bonds. The molecule has 0 bridgehead atoms. The summed E-state index contributed by atoms with van der Waals surface area (Å²) >= 11 is 0. The number of benzene rings is 2. The summed E-state index contributed by atoms with van der Waals surface area (Å²) in [6.07, 6.45) is 1.25. The van der Waals surface area contributed by atoms with Crippen LogP contribution >= 0.6 is 0 Å². The van der Waals surface area contributed by atoms with Crippen molar-refractivity contribution in [2.75, 3.05) is 13.1 Å². The van der Waals surface area contributed by atoms with Gasteiger partial charge in [-0.1, -0.05) is 42.5 Å². The van der Waals surface area contributed by atoms with Gasteiger partial charge in [0, 0.05) is 19.6 Å². The summed E-state index contributed by atoms with van der Waals surface area (Å²) in [5.41, 5.74) is 8.17. The fourth-order valence-corrected chi connectivity index (χ4v) is 2.91. The van der Waals surface area contributed by atoms with E-state index in [4.69, 9.17) is 10.5 Å². The van der Waals surface area contributed by atoms with Crippen molar-refractivity contribution in [1.82, 2.24) is 5.32 Å². The first kappa shape index (κ1) is 14.1. The van der Waals surface area contributed by atoms with E-state index in [1.165, 1.54) is 5.56 Å². The van der Waals surface area contributed by atoms with Crippen molar-refractivity contribution in [2.24, 2.45) is 5.73 Å². The maximum Gasteiger partial charge on any atom is 0.120 e. The molecule has 0 saturated carbocycles. The van der Waals surface area contributed by atoms with Crippen molar-refractivity contribution in [2.45, 2.75) is 25.0 Å². The summed E-state index contributed by atoms with van der Waals surface area (Å²) in [6, 6.07) is 18.7. The number of nitrogens with two attached hydrogens (primary N) is 1. The maximum absolute atomic E-state index is 6.13. The SMILES string of the molecule is NCc1cccc(OC2CNCC(c3ccccc3)C2)c1. The number of nitrogens with one attached hydrogen (secondary N) is 1. The van der Waals surface area contributed by atoms with E-state index in [1.807, 2.05) is 24.3 Å². The Hall–Kier alpha value is -1.84. The molecule has 3 N–H and O–H groups in total. The molecule has 110 valence electrons. The Balaban J connectivity index is 1.66. The maximum atomic E-state index is 6.13. The molecule has 0 aliphatic carbocycles. The summed E-state index contributed by atoms with van der Waals surface area (Å²) in [6.45, 7) is 2.47. The van der Waals surface area contributed by atoms with Crippen molar-refractivity contribution in [3.8, 4) is 5.75 Å². The average Bonchev–Trinajstić information content (AvgIpc) is 2.56. The highest BCUT2D eigenvalue weighted by atomic mass is 16.5. The second-order valence-electron chi connectivity index (χ2n) is 5.59. The highest BCUT2D eigenvalue weighted by molar-refractivity contribution is 5.29. The summed E-state index contributed by atoms with van der Waals surface area (Å²) < 4.78 is 6.13. The quantitative estimate of drug-likeness (QED) is 0.906. The number of ether oxygens (including phenoxy) is 1. The number of hydrogen-bond donors (Lipinski definition) is 2. The van der Waals surface area contributed by atoms with Crippen LogP contribution in [-0.2, 0) is 6.54 Å². The smallest absolute Gasteiger partial charge is 0.120 e. The summed E-state index contributed by atoms with van der Waals surface area (Å²) in [7, 11) is 0. The van der Waals surface area contributed by atoms with Crippen LogP contribution in [0.25, 0.3) is 0 Å². The molecule has 1 aliphatic rings. The minimum absolute atomic E-state index is 0.206. The topological polar surface area (TPSA) is 47.3 Å². The van der Waals surface area contributed by atoms with Crippen molar-refractivity contribution in [3.05, 3.63) is 65.7 Å². The van der Waals surface area contributed by atoms with E-state index in [2.05, 4.69) is 35.6 Å². The lowest BCUT2D eigenvalue weighted by Crippen LogP contribution is -2.41. The molecular formula is C18H22N2O. The molecule has 1 heterocycles. The normalized spacial score (nSPS) is 22.0. The van der Waals surface area contributed by atoms with Gasteiger partial charge in [0.2, 0.25) is 0 Å². The zero-order chi connectivity index (χ0) is 14.5. The van der Waals surface area contributed by atoms with Crippen LogP contribution < -0.4 is 15.8 Å². The van der Waals surface area contributed by atoms with Crippen molar-refractivity contribution < 1.29 is 4.74 Å². The van der Waals surface area contributed by atoms with Gasteiger partial charge in [0.25, 0.3) is 0 Å². The third-order valence-electron chi connectivity index (χ3n) is 4.02. The van der Waals surface area contributed by atoms with E-state index in [-0.39, 0.29) is 6.10 Å². The molecule has 1 saturated heterocycles. The highest BCUT2D eigenvalue weighted by Crippen LogP contribution is 2.26. The lowest BCUT2D eigenvalue weighted by Gasteiger charge is -2.30. The molecule has 21 heavy (non-hydrogen) atoms. The van der Waals surface area contributed by atoms with Crippen LogP contribution in [0.15, 0.2) is 54.6 Å². The molecule has 2 aromatic carbocycles. The van der Waals surface area contributed by atoms with Gasteiger partial charge in [0.1, 0.15) is 11.9 Å². The standard InChI is InChI=1S/C18H22N2O/c19-11-14-5-4-8-17(9-14)21-18-10-16(12-20-13-18)15-6-2-1-3-7-15/h1-9,16,18,20H,10-13,19H2. The van der Waals surface area contributed by atoms with Gasteiger partial charge >= 0.3 is 0 Å². The van der Waals surface area contributed by atoms with E-state index >= 15 is 0 Å².